The fourth-order valence-electron chi connectivity index (χ4n) is 1.39. The topological polar surface area (TPSA) is 43.4 Å². The summed E-state index contributed by atoms with van der Waals surface area (Å²) in [5, 5.41) is 0. The predicted molar refractivity (Wildman–Crippen MR) is 48.5 cm³/mol. The van der Waals surface area contributed by atoms with Gasteiger partial charge in [-0.2, -0.15) is 8.78 Å². The third-order valence-corrected chi connectivity index (χ3v) is 2.14. The maximum absolute atomic E-state index is 13.4. The van der Waals surface area contributed by atoms with Crippen LogP contribution < -0.4 is 0 Å². The van der Waals surface area contributed by atoms with Gasteiger partial charge in [-0.1, -0.05) is 0 Å². The van der Waals surface area contributed by atoms with Crippen molar-refractivity contribution < 1.29 is 23.1 Å². The molecule has 0 N–H and O–H groups in total. The van der Waals surface area contributed by atoms with Crippen molar-refractivity contribution in [2.75, 3.05) is 6.61 Å². The highest BCUT2D eigenvalue weighted by molar-refractivity contribution is 5.93. The van der Waals surface area contributed by atoms with Crippen molar-refractivity contribution in [3.05, 3.63) is 11.6 Å². The van der Waals surface area contributed by atoms with E-state index < -0.39 is 17.5 Å². The lowest BCUT2D eigenvalue weighted by atomic mass is 9.94. The van der Waals surface area contributed by atoms with Crippen molar-refractivity contribution in [1.29, 1.82) is 0 Å². The van der Waals surface area contributed by atoms with Crippen molar-refractivity contribution >= 4 is 11.8 Å². The number of hydrogen-bond donors (Lipinski definition) is 0. The zero-order valence-electron chi connectivity index (χ0n) is 8.39. The Labute approximate surface area is 86.1 Å². The van der Waals surface area contributed by atoms with E-state index in [-0.39, 0.29) is 25.2 Å². The number of ether oxygens (including phenoxy) is 1. The van der Waals surface area contributed by atoms with Crippen molar-refractivity contribution in [2.45, 2.75) is 32.1 Å². The van der Waals surface area contributed by atoms with Gasteiger partial charge >= 0.3 is 11.9 Å². The van der Waals surface area contributed by atoms with E-state index in [1.807, 2.05) is 0 Å². The standard InChI is InChI=1S/C10H12F2O3/c1-2-15-9(14)10(11,12)7-4-3-5-8(13)6-7/h6H,2-5H2,1H3. The maximum atomic E-state index is 13.4. The first kappa shape index (κ1) is 11.8. The summed E-state index contributed by atoms with van der Waals surface area (Å²) < 4.78 is 31.0. The van der Waals surface area contributed by atoms with Crippen LogP contribution in [0, 0.1) is 0 Å². The number of carbonyl (C=O) groups is 2. The number of rotatable bonds is 3. The Morgan fingerprint density at radius 1 is 1.53 bits per heavy atom. The second-order valence-electron chi connectivity index (χ2n) is 3.28. The molecule has 0 bridgehead atoms. The molecule has 0 aromatic rings. The Bertz CT molecular complexity index is 308. The van der Waals surface area contributed by atoms with Crippen LogP contribution in [0.1, 0.15) is 26.2 Å². The number of esters is 1. The monoisotopic (exact) mass is 218 g/mol. The summed E-state index contributed by atoms with van der Waals surface area (Å²) >= 11 is 0. The summed E-state index contributed by atoms with van der Waals surface area (Å²) in [7, 11) is 0. The largest absolute Gasteiger partial charge is 0.461 e. The predicted octanol–water partition coefficient (Wildman–Crippen LogP) is 1.86. The summed E-state index contributed by atoms with van der Waals surface area (Å²) in [4.78, 5) is 21.9. The molecule has 1 aliphatic carbocycles. The van der Waals surface area contributed by atoms with Crippen molar-refractivity contribution in [3.8, 4) is 0 Å². The van der Waals surface area contributed by atoms with Gasteiger partial charge in [0.2, 0.25) is 0 Å². The molecule has 0 atom stereocenters. The first-order valence-corrected chi connectivity index (χ1v) is 4.77. The molecular weight excluding hydrogens is 206 g/mol. The van der Waals surface area contributed by atoms with Crippen molar-refractivity contribution in [2.24, 2.45) is 0 Å². The van der Waals surface area contributed by atoms with E-state index in [1.54, 1.807) is 0 Å². The minimum absolute atomic E-state index is 0.0670. The van der Waals surface area contributed by atoms with Gasteiger partial charge in [0.15, 0.2) is 5.78 Å². The number of halogens is 2. The second kappa shape index (κ2) is 4.51. The average molecular weight is 218 g/mol. The van der Waals surface area contributed by atoms with Gasteiger partial charge in [-0.05, 0) is 25.8 Å². The molecule has 0 aromatic carbocycles. The quantitative estimate of drug-likeness (QED) is 0.679. The van der Waals surface area contributed by atoms with Gasteiger partial charge in [-0.3, -0.25) is 4.79 Å². The molecule has 84 valence electrons. The molecule has 0 fully saturated rings. The number of hydrogen-bond acceptors (Lipinski definition) is 3. The van der Waals surface area contributed by atoms with E-state index in [9.17, 15) is 18.4 Å². The molecule has 0 spiro atoms. The Kier molecular flexibility index (Phi) is 3.55. The highest BCUT2D eigenvalue weighted by Gasteiger charge is 2.45. The van der Waals surface area contributed by atoms with E-state index >= 15 is 0 Å². The summed E-state index contributed by atoms with van der Waals surface area (Å²) in [6.45, 7) is 1.35. The molecule has 1 aliphatic rings. The molecular formula is C10H12F2O3. The molecule has 0 amide bonds. The van der Waals surface area contributed by atoms with E-state index in [4.69, 9.17) is 0 Å². The van der Waals surface area contributed by atoms with Gasteiger partial charge in [-0.25, -0.2) is 4.79 Å². The van der Waals surface area contributed by atoms with Gasteiger partial charge in [0.25, 0.3) is 0 Å². The lowest BCUT2D eigenvalue weighted by Gasteiger charge is -2.20. The first-order chi connectivity index (χ1) is 6.98. The van der Waals surface area contributed by atoms with Crippen LogP contribution in [-0.4, -0.2) is 24.3 Å². The van der Waals surface area contributed by atoms with Crippen LogP contribution >= 0.6 is 0 Å². The molecule has 3 nitrogen and oxygen atoms in total. The normalized spacial score (nSPS) is 17.3. The summed E-state index contributed by atoms with van der Waals surface area (Å²) in [6.07, 6.45) is 1.56. The van der Waals surface area contributed by atoms with E-state index in [0.717, 1.165) is 6.08 Å². The Morgan fingerprint density at radius 3 is 2.73 bits per heavy atom. The van der Waals surface area contributed by atoms with Crippen LogP contribution in [-0.2, 0) is 14.3 Å². The molecule has 5 heteroatoms. The lowest BCUT2D eigenvalue weighted by molar-refractivity contribution is -0.166. The van der Waals surface area contributed by atoms with Crippen LogP contribution in [0.25, 0.3) is 0 Å². The third kappa shape index (κ3) is 2.61. The van der Waals surface area contributed by atoms with E-state index in [2.05, 4.69) is 4.74 Å². The molecule has 0 aliphatic heterocycles. The van der Waals surface area contributed by atoms with Gasteiger partial charge in [0, 0.05) is 12.0 Å². The summed E-state index contributed by atoms with van der Waals surface area (Å²) in [6, 6.07) is 0. The van der Waals surface area contributed by atoms with Crippen LogP contribution in [0.2, 0.25) is 0 Å². The lowest BCUT2D eigenvalue weighted by Crippen LogP contribution is -2.34. The number of carbonyl (C=O) groups excluding carboxylic acids is 2. The molecule has 0 heterocycles. The first-order valence-electron chi connectivity index (χ1n) is 4.77. The summed E-state index contributed by atoms with van der Waals surface area (Å²) in [5.74, 6) is -5.60. The van der Waals surface area contributed by atoms with Gasteiger partial charge in [0.1, 0.15) is 0 Å². The Hall–Kier alpha value is -1.26. The molecule has 0 radical (unpaired) electrons. The van der Waals surface area contributed by atoms with E-state index in [0.29, 0.717) is 6.42 Å². The van der Waals surface area contributed by atoms with Gasteiger partial charge in [-0.15, -0.1) is 0 Å². The maximum Gasteiger partial charge on any atom is 0.381 e. The van der Waals surface area contributed by atoms with Crippen molar-refractivity contribution in [1.82, 2.24) is 0 Å². The zero-order chi connectivity index (χ0) is 11.5. The highest BCUT2D eigenvalue weighted by Crippen LogP contribution is 2.32. The fraction of sp³-hybridized carbons (Fsp3) is 0.600. The molecule has 0 saturated carbocycles. The number of ketones is 1. The fourth-order valence-corrected chi connectivity index (χ4v) is 1.39. The second-order valence-corrected chi connectivity index (χ2v) is 3.28. The minimum Gasteiger partial charge on any atom is -0.461 e. The SMILES string of the molecule is CCOC(=O)C(F)(F)C1=CC(=O)CCC1. The van der Waals surface area contributed by atoms with Gasteiger partial charge < -0.3 is 4.74 Å². The Morgan fingerprint density at radius 2 is 2.20 bits per heavy atom. The Balaban J connectivity index is 2.84. The smallest absolute Gasteiger partial charge is 0.381 e. The molecule has 15 heavy (non-hydrogen) atoms. The highest BCUT2D eigenvalue weighted by atomic mass is 19.3. The van der Waals surface area contributed by atoms with E-state index in [1.165, 1.54) is 6.92 Å². The van der Waals surface area contributed by atoms with Crippen LogP contribution in [0.5, 0.6) is 0 Å². The summed E-state index contributed by atoms with van der Waals surface area (Å²) in [5.41, 5.74) is -0.433. The molecule has 0 unspecified atom stereocenters. The zero-order valence-corrected chi connectivity index (χ0v) is 8.39. The molecule has 0 saturated heterocycles. The molecule has 1 rings (SSSR count). The number of allylic oxidation sites excluding steroid dienone is 1. The average Bonchev–Trinajstić information content (AvgIpc) is 2.18. The van der Waals surface area contributed by atoms with Crippen molar-refractivity contribution in [3.63, 3.8) is 0 Å². The van der Waals surface area contributed by atoms with Crippen LogP contribution in [0.3, 0.4) is 0 Å². The van der Waals surface area contributed by atoms with Gasteiger partial charge in [0.05, 0.1) is 6.61 Å². The number of alkyl halides is 2. The van der Waals surface area contributed by atoms with Crippen LogP contribution in [0.4, 0.5) is 8.78 Å². The van der Waals surface area contributed by atoms with Crippen LogP contribution in [0.15, 0.2) is 11.6 Å². The molecule has 0 aromatic heterocycles. The minimum atomic E-state index is -3.66. The third-order valence-electron chi connectivity index (χ3n) is 2.14.